The molecule has 2 rings (SSSR count). The number of methoxy groups -OCH3 is 2. The zero-order valence-corrected chi connectivity index (χ0v) is 13.3. The van der Waals surface area contributed by atoms with Crippen molar-refractivity contribution in [3.8, 4) is 17.2 Å². The van der Waals surface area contributed by atoms with Crippen molar-refractivity contribution in [2.24, 2.45) is 0 Å². The number of esters is 1. The number of hydrogen-bond donors (Lipinski definition) is 0. The van der Waals surface area contributed by atoms with Crippen molar-refractivity contribution in [3.05, 3.63) is 29.1 Å². The zero-order valence-electron chi connectivity index (χ0n) is 13.3. The Morgan fingerprint density at radius 1 is 1.18 bits per heavy atom. The molecule has 0 N–H and O–H groups in total. The predicted molar refractivity (Wildman–Crippen MR) is 79.9 cm³/mol. The van der Waals surface area contributed by atoms with Gasteiger partial charge in [0.25, 0.3) is 0 Å². The molecule has 0 spiro atoms. The number of carbonyl (C=O) groups is 1. The fraction of sp³-hybridized carbons (Fsp3) is 0.400. The first kappa shape index (κ1) is 15.8. The predicted octanol–water partition coefficient (Wildman–Crippen LogP) is 2.08. The number of ether oxygens (including phenoxy) is 3. The van der Waals surface area contributed by atoms with Crippen molar-refractivity contribution in [2.75, 3.05) is 20.8 Å². The van der Waals surface area contributed by atoms with Crippen LogP contribution in [-0.2, 0) is 4.74 Å². The summed E-state index contributed by atoms with van der Waals surface area (Å²) < 4.78 is 17.2. The van der Waals surface area contributed by atoms with E-state index in [0.29, 0.717) is 22.9 Å². The van der Waals surface area contributed by atoms with Gasteiger partial charge in [-0.3, -0.25) is 0 Å². The van der Waals surface area contributed by atoms with E-state index < -0.39 is 5.97 Å². The summed E-state index contributed by atoms with van der Waals surface area (Å²) in [6.45, 7) is 5.70. The van der Waals surface area contributed by atoms with Crippen LogP contribution in [0.25, 0.3) is 5.69 Å². The first-order valence-electron chi connectivity index (χ1n) is 6.85. The Hall–Kier alpha value is -2.57. The molecule has 1 aromatic heterocycles. The first-order chi connectivity index (χ1) is 10.5. The lowest BCUT2D eigenvalue weighted by molar-refractivity contribution is 0.0518. The first-order valence-corrected chi connectivity index (χ1v) is 6.85. The van der Waals surface area contributed by atoms with Crippen LogP contribution >= 0.6 is 0 Å². The minimum Gasteiger partial charge on any atom is -0.496 e. The third-order valence-corrected chi connectivity index (χ3v) is 3.29. The maximum atomic E-state index is 11.8. The molecule has 7 heteroatoms. The van der Waals surface area contributed by atoms with Gasteiger partial charge >= 0.3 is 5.97 Å². The second kappa shape index (κ2) is 6.46. The summed E-state index contributed by atoms with van der Waals surface area (Å²) in [4.78, 5) is 11.8. The van der Waals surface area contributed by atoms with Crippen LogP contribution in [0.2, 0.25) is 0 Å². The average molecular weight is 305 g/mol. The molecule has 1 heterocycles. The van der Waals surface area contributed by atoms with Crippen molar-refractivity contribution in [1.82, 2.24) is 15.0 Å². The monoisotopic (exact) mass is 305 g/mol. The van der Waals surface area contributed by atoms with Gasteiger partial charge in [0.15, 0.2) is 5.69 Å². The summed E-state index contributed by atoms with van der Waals surface area (Å²) in [5.74, 6) is 0.797. The molecule has 0 unspecified atom stereocenters. The van der Waals surface area contributed by atoms with E-state index in [-0.39, 0.29) is 12.3 Å². The lowest BCUT2D eigenvalue weighted by atomic mass is 10.1. The van der Waals surface area contributed by atoms with E-state index in [0.717, 1.165) is 5.56 Å². The fourth-order valence-electron chi connectivity index (χ4n) is 2.15. The molecule has 118 valence electrons. The van der Waals surface area contributed by atoms with Gasteiger partial charge in [0.05, 0.1) is 26.5 Å². The van der Waals surface area contributed by atoms with E-state index in [1.54, 1.807) is 38.8 Å². The Labute approximate surface area is 128 Å². The molecule has 0 saturated heterocycles. The molecule has 7 nitrogen and oxygen atoms in total. The SMILES string of the molecule is CCOC(=O)c1nnn(-c2cc(C)c(OC)cc2OC)c1C. The van der Waals surface area contributed by atoms with E-state index in [1.165, 1.54) is 0 Å². The van der Waals surface area contributed by atoms with Gasteiger partial charge in [-0.2, -0.15) is 0 Å². The fourth-order valence-corrected chi connectivity index (χ4v) is 2.15. The van der Waals surface area contributed by atoms with Crippen LogP contribution in [0.4, 0.5) is 0 Å². The number of benzene rings is 1. The number of aromatic nitrogens is 3. The van der Waals surface area contributed by atoms with E-state index in [4.69, 9.17) is 14.2 Å². The quantitative estimate of drug-likeness (QED) is 0.787. The zero-order chi connectivity index (χ0) is 16.3. The van der Waals surface area contributed by atoms with Crippen LogP contribution in [0.15, 0.2) is 12.1 Å². The van der Waals surface area contributed by atoms with Gasteiger partial charge in [-0.05, 0) is 32.4 Å². The molecule has 0 aliphatic carbocycles. The molecule has 0 fully saturated rings. The molecule has 22 heavy (non-hydrogen) atoms. The number of rotatable bonds is 5. The molecular weight excluding hydrogens is 286 g/mol. The van der Waals surface area contributed by atoms with Crippen LogP contribution in [0, 0.1) is 13.8 Å². The van der Waals surface area contributed by atoms with Gasteiger partial charge in [-0.1, -0.05) is 5.21 Å². The Bertz CT molecular complexity index is 694. The lowest BCUT2D eigenvalue weighted by Crippen LogP contribution is -2.08. The van der Waals surface area contributed by atoms with Gasteiger partial charge in [0.1, 0.15) is 17.2 Å². The maximum absolute atomic E-state index is 11.8. The lowest BCUT2D eigenvalue weighted by Gasteiger charge is -2.13. The summed E-state index contributed by atoms with van der Waals surface area (Å²) in [5.41, 5.74) is 2.38. The van der Waals surface area contributed by atoms with Gasteiger partial charge in [-0.15, -0.1) is 5.10 Å². The van der Waals surface area contributed by atoms with Crippen LogP contribution in [0.3, 0.4) is 0 Å². The topological polar surface area (TPSA) is 75.5 Å². The van der Waals surface area contributed by atoms with Crippen LogP contribution in [-0.4, -0.2) is 41.8 Å². The van der Waals surface area contributed by atoms with Gasteiger partial charge < -0.3 is 14.2 Å². The molecule has 2 aromatic rings. The Morgan fingerprint density at radius 2 is 1.86 bits per heavy atom. The highest BCUT2D eigenvalue weighted by molar-refractivity contribution is 5.88. The largest absolute Gasteiger partial charge is 0.496 e. The number of carbonyl (C=O) groups excluding carboxylic acids is 1. The standard InChI is InChI=1S/C15H19N3O4/c1-6-22-15(19)14-10(3)18(17-16-14)11-7-9(2)12(20-4)8-13(11)21-5/h7-8H,6H2,1-5H3. The second-order valence-corrected chi connectivity index (χ2v) is 4.65. The Morgan fingerprint density at radius 3 is 2.45 bits per heavy atom. The van der Waals surface area contributed by atoms with Gasteiger partial charge in [0.2, 0.25) is 0 Å². The highest BCUT2D eigenvalue weighted by Gasteiger charge is 2.20. The molecule has 0 radical (unpaired) electrons. The molecule has 0 amide bonds. The number of hydrogen-bond acceptors (Lipinski definition) is 6. The van der Waals surface area contributed by atoms with Crippen LogP contribution in [0.1, 0.15) is 28.7 Å². The highest BCUT2D eigenvalue weighted by Crippen LogP contribution is 2.31. The molecule has 0 bridgehead atoms. The van der Waals surface area contributed by atoms with Crippen molar-refractivity contribution in [2.45, 2.75) is 20.8 Å². The van der Waals surface area contributed by atoms with E-state index >= 15 is 0 Å². The molecule has 0 aliphatic rings. The maximum Gasteiger partial charge on any atom is 0.360 e. The smallest absolute Gasteiger partial charge is 0.360 e. The Kier molecular flexibility index (Phi) is 4.65. The molecule has 0 saturated carbocycles. The van der Waals surface area contributed by atoms with E-state index in [2.05, 4.69) is 10.3 Å². The van der Waals surface area contributed by atoms with E-state index in [9.17, 15) is 4.79 Å². The molecular formula is C15H19N3O4. The minimum absolute atomic E-state index is 0.192. The molecule has 0 atom stereocenters. The number of nitrogens with zero attached hydrogens (tertiary/aromatic N) is 3. The van der Waals surface area contributed by atoms with Crippen LogP contribution in [0.5, 0.6) is 11.5 Å². The molecule has 1 aromatic carbocycles. The third kappa shape index (κ3) is 2.74. The van der Waals surface area contributed by atoms with Crippen LogP contribution < -0.4 is 9.47 Å². The van der Waals surface area contributed by atoms with E-state index in [1.807, 2.05) is 13.0 Å². The minimum atomic E-state index is -0.490. The number of aryl methyl sites for hydroxylation is 1. The van der Waals surface area contributed by atoms with Crippen molar-refractivity contribution < 1.29 is 19.0 Å². The van der Waals surface area contributed by atoms with Crippen molar-refractivity contribution in [1.29, 1.82) is 0 Å². The third-order valence-electron chi connectivity index (χ3n) is 3.29. The summed E-state index contributed by atoms with van der Waals surface area (Å²) in [6, 6.07) is 3.64. The average Bonchev–Trinajstić information content (AvgIpc) is 2.88. The Balaban J connectivity index is 2.53. The summed E-state index contributed by atoms with van der Waals surface area (Å²) >= 11 is 0. The van der Waals surface area contributed by atoms with Crippen molar-refractivity contribution in [3.63, 3.8) is 0 Å². The summed E-state index contributed by atoms with van der Waals surface area (Å²) in [6.07, 6.45) is 0. The summed E-state index contributed by atoms with van der Waals surface area (Å²) in [7, 11) is 3.16. The van der Waals surface area contributed by atoms with Gasteiger partial charge in [-0.25, -0.2) is 9.48 Å². The summed E-state index contributed by atoms with van der Waals surface area (Å²) in [5, 5.41) is 7.95. The molecule has 0 aliphatic heterocycles. The van der Waals surface area contributed by atoms with Gasteiger partial charge in [0, 0.05) is 6.07 Å². The van der Waals surface area contributed by atoms with Crippen molar-refractivity contribution >= 4 is 5.97 Å². The normalized spacial score (nSPS) is 10.4. The second-order valence-electron chi connectivity index (χ2n) is 4.65. The highest BCUT2D eigenvalue weighted by atomic mass is 16.5.